The first-order valence-corrected chi connectivity index (χ1v) is 10.3. The molecule has 1 aromatic heterocycles. The Kier molecular flexibility index (Phi) is 5.74. The van der Waals surface area contributed by atoms with E-state index >= 15 is 0 Å². The van der Waals surface area contributed by atoms with Gasteiger partial charge in [-0.3, -0.25) is 9.59 Å². The predicted octanol–water partition coefficient (Wildman–Crippen LogP) is 2.92. The number of Topliss-reactive ketones (excluding diaryl/α,β-unsaturated/α-hetero) is 2. The highest BCUT2D eigenvalue weighted by atomic mass is 19.4. The number of halogens is 3. The Balaban J connectivity index is 1.74. The lowest BCUT2D eigenvalue weighted by atomic mass is 9.93. The molecule has 32 heavy (non-hydrogen) atoms. The summed E-state index contributed by atoms with van der Waals surface area (Å²) in [5, 5.41) is 7.53. The number of rotatable bonds is 9. The number of hydrogen-bond donors (Lipinski definition) is 0. The third-order valence-corrected chi connectivity index (χ3v) is 5.38. The SMILES string of the molecule is CCOC=C(C(=O)c1ccc(C(F)(F)F)cc1Cn1nnn(C2CC2)c1=O)C(=O)C1CC1. The van der Waals surface area contributed by atoms with Gasteiger partial charge in [0.1, 0.15) is 5.57 Å². The molecule has 1 heterocycles. The maximum Gasteiger partial charge on any atom is 0.416 e. The Bertz CT molecular complexity index is 1140. The average Bonchev–Trinajstić information content (AvgIpc) is 3.67. The smallest absolute Gasteiger partial charge is 0.416 e. The Morgan fingerprint density at radius 3 is 2.50 bits per heavy atom. The number of carbonyl (C=O) groups is 2. The monoisotopic (exact) mass is 450 g/mol. The number of aromatic nitrogens is 4. The largest absolute Gasteiger partial charge is 0.501 e. The Morgan fingerprint density at radius 2 is 1.91 bits per heavy atom. The van der Waals surface area contributed by atoms with Crippen molar-refractivity contribution < 1.29 is 27.5 Å². The maximum absolute atomic E-state index is 13.3. The van der Waals surface area contributed by atoms with E-state index in [1.165, 1.54) is 4.68 Å². The Labute approximate surface area is 180 Å². The minimum Gasteiger partial charge on any atom is -0.501 e. The Hall–Kier alpha value is -3.24. The van der Waals surface area contributed by atoms with Crippen LogP contribution in [0.1, 0.15) is 60.1 Å². The molecule has 0 N–H and O–H groups in total. The van der Waals surface area contributed by atoms with Gasteiger partial charge in [-0.1, -0.05) is 6.07 Å². The minimum atomic E-state index is -4.65. The summed E-state index contributed by atoms with van der Waals surface area (Å²) < 4.78 is 47.3. The van der Waals surface area contributed by atoms with Crippen LogP contribution in [0.25, 0.3) is 0 Å². The van der Waals surface area contributed by atoms with Gasteiger partial charge >= 0.3 is 11.9 Å². The van der Waals surface area contributed by atoms with Crippen molar-refractivity contribution in [1.29, 1.82) is 0 Å². The second-order valence-corrected chi connectivity index (χ2v) is 7.92. The van der Waals surface area contributed by atoms with Crippen LogP contribution < -0.4 is 5.69 Å². The molecule has 0 spiro atoms. The molecule has 4 rings (SSSR count). The fourth-order valence-corrected chi connectivity index (χ4v) is 3.32. The van der Waals surface area contributed by atoms with Crippen molar-refractivity contribution in [2.75, 3.05) is 6.61 Å². The first-order valence-electron chi connectivity index (χ1n) is 10.3. The minimum absolute atomic E-state index is 0.0595. The molecule has 0 atom stereocenters. The van der Waals surface area contributed by atoms with Crippen molar-refractivity contribution in [3.05, 3.63) is 57.2 Å². The highest BCUT2D eigenvalue weighted by Crippen LogP contribution is 2.35. The number of hydrogen-bond acceptors (Lipinski definition) is 6. The maximum atomic E-state index is 13.3. The van der Waals surface area contributed by atoms with Crippen LogP contribution >= 0.6 is 0 Å². The van der Waals surface area contributed by atoms with Crippen molar-refractivity contribution in [3.63, 3.8) is 0 Å². The lowest BCUT2D eigenvalue weighted by molar-refractivity contribution is -0.137. The number of nitrogens with zero attached hydrogens (tertiary/aromatic N) is 4. The van der Waals surface area contributed by atoms with Gasteiger partial charge in [-0.2, -0.15) is 22.5 Å². The van der Waals surface area contributed by atoms with E-state index in [1.807, 2.05) is 0 Å². The van der Waals surface area contributed by atoms with Gasteiger partial charge in [-0.15, -0.1) is 0 Å². The molecule has 2 aliphatic carbocycles. The summed E-state index contributed by atoms with van der Waals surface area (Å²) in [6, 6.07) is 2.54. The molecule has 2 fully saturated rings. The number of tetrazole rings is 1. The van der Waals surface area contributed by atoms with Gasteiger partial charge in [-0.25, -0.2) is 4.79 Å². The molecule has 170 valence electrons. The number of allylic oxidation sites excluding steroid dienone is 1. The molecule has 0 saturated heterocycles. The summed E-state index contributed by atoms with van der Waals surface area (Å²) in [7, 11) is 0. The molecule has 2 saturated carbocycles. The zero-order chi connectivity index (χ0) is 23.0. The zero-order valence-electron chi connectivity index (χ0n) is 17.3. The predicted molar refractivity (Wildman–Crippen MR) is 105 cm³/mol. The highest BCUT2D eigenvalue weighted by molar-refractivity contribution is 6.27. The summed E-state index contributed by atoms with van der Waals surface area (Å²) in [5.41, 5.74) is -1.96. The van der Waals surface area contributed by atoms with E-state index < -0.39 is 35.5 Å². The molecule has 8 nitrogen and oxygen atoms in total. The summed E-state index contributed by atoms with van der Waals surface area (Å²) >= 11 is 0. The van der Waals surface area contributed by atoms with Gasteiger partial charge < -0.3 is 4.74 Å². The van der Waals surface area contributed by atoms with Gasteiger partial charge in [-0.05, 0) is 60.7 Å². The molecule has 0 radical (unpaired) electrons. The number of carbonyl (C=O) groups excluding carboxylic acids is 2. The molecule has 0 bridgehead atoms. The molecular weight excluding hydrogens is 429 g/mol. The molecule has 2 aromatic rings. The van der Waals surface area contributed by atoms with Gasteiger partial charge in [0.2, 0.25) is 0 Å². The molecule has 1 aromatic carbocycles. The lowest BCUT2D eigenvalue weighted by Gasteiger charge is -2.14. The van der Waals surface area contributed by atoms with Crippen LogP contribution in [0.5, 0.6) is 0 Å². The average molecular weight is 450 g/mol. The van der Waals surface area contributed by atoms with E-state index in [4.69, 9.17) is 4.74 Å². The fourth-order valence-electron chi connectivity index (χ4n) is 3.32. The first-order chi connectivity index (χ1) is 15.2. The fraction of sp³-hybridized carbons (Fsp3) is 0.476. The Morgan fingerprint density at radius 1 is 1.19 bits per heavy atom. The van der Waals surface area contributed by atoms with Gasteiger partial charge in [0.15, 0.2) is 11.6 Å². The third kappa shape index (κ3) is 4.51. The molecule has 11 heteroatoms. The van der Waals surface area contributed by atoms with Crippen LogP contribution in [-0.4, -0.2) is 38.0 Å². The zero-order valence-corrected chi connectivity index (χ0v) is 17.3. The van der Waals surface area contributed by atoms with E-state index in [1.54, 1.807) is 6.92 Å². The van der Waals surface area contributed by atoms with Gasteiger partial charge in [0.25, 0.3) is 0 Å². The summed E-state index contributed by atoms with van der Waals surface area (Å²) in [5.74, 6) is -1.43. The van der Waals surface area contributed by atoms with Crippen LogP contribution in [0.3, 0.4) is 0 Å². The summed E-state index contributed by atoms with van der Waals surface area (Å²) in [6.45, 7) is 1.50. The standard InChI is InChI=1S/C21H21F3N4O4/c1-2-32-11-17(18(29)12-3-4-12)19(30)16-8-5-14(21(22,23)24)9-13(16)10-27-20(31)28(26-25-27)15-6-7-15/h5,8-9,11-12,15H,2-4,6-7,10H2,1H3. The van der Waals surface area contributed by atoms with Crippen LogP contribution in [0.15, 0.2) is 34.8 Å². The normalized spacial score (nSPS) is 16.8. The second kappa shape index (κ2) is 8.36. The second-order valence-electron chi connectivity index (χ2n) is 7.92. The van der Waals surface area contributed by atoms with E-state index in [0.29, 0.717) is 12.8 Å². The van der Waals surface area contributed by atoms with E-state index in [0.717, 1.165) is 42.0 Å². The number of benzene rings is 1. The summed E-state index contributed by atoms with van der Waals surface area (Å²) in [4.78, 5) is 38.4. The molecule has 0 amide bonds. The van der Waals surface area contributed by atoms with E-state index in [-0.39, 0.29) is 35.3 Å². The highest BCUT2D eigenvalue weighted by Gasteiger charge is 2.37. The number of ether oxygens (including phenoxy) is 1. The van der Waals surface area contributed by atoms with Crippen molar-refractivity contribution in [1.82, 2.24) is 19.8 Å². The van der Waals surface area contributed by atoms with Crippen molar-refractivity contribution in [2.24, 2.45) is 5.92 Å². The van der Waals surface area contributed by atoms with E-state index in [2.05, 4.69) is 10.4 Å². The quantitative estimate of drug-likeness (QED) is 0.192. The molecular formula is C21H21F3N4O4. The van der Waals surface area contributed by atoms with Crippen molar-refractivity contribution >= 4 is 11.6 Å². The first kappa shape index (κ1) is 22.0. The molecule has 0 aliphatic heterocycles. The van der Waals surface area contributed by atoms with Crippen LogP contribution in [0.2, 0.25) is 0 Å². The number of alkyl halides is 3. The third-order valence-electron chi connectivity index (χ3n) is 5.38. The molecule has 0 unspecified atom stereocenters. The molecule has 2 aliphatic rings. The van der Waals surface area contributed by atoms with Gasteiger partial charge in [0, 0.05) is 11.5 Å². The van der Waals surface area contributed by atoms with Crippen molar-refractivity contribution in [2.45, 2.75) is 51.4 Å². The van der Waals surface area contributed by atoms with Crippen molar-refractivity contribution in [3.8, 4) is 0 Å². The van der Waals surface area contributed by atoms with E-state index in [9.17, 15) is 27.6 Å². The topological polar surface area (TPSA) is 96.1 Å². The van der Waals surface area contributed by atoms with Crippen LogP contribution in [0, 0.1) is 5.92 Å². The van der Waals surface area contributed by atoms with Crippen LogP contribution in [0.4, 0.5) is 13.2 Å². The summed E-state index contributed by atoms with van der Waals surface area (Å²) in [6.07, 6.45) is -0.730. The van der Waals surface area contributed by atoms with Crippen LogP contribution in [-0.2, 0) is 22.3 Å². The lowest BCUT2D eigenvalue weighted by Crippen LogP contribution is -2.26. The number of ketones is 2. The van der Waals surface area contributed by atoms with Gasteiger partial charge in [0.05, 0.1) is 31.0 Å².